The van der Waals surface area contributed by atoms with Gasteiger partial charge in [0.15, 0.2) is 0 Å². The molecule has 110 valence electrons. The van der Waals surface area contributed by atoms with Gasteiger partial charge in [-0.25, -0.2) is 0 Å². The van der Waals surface area contributed by atoms with Crippen LogP contribution in [0, 0.1) is 11.8 Å². The topological polar surface area (TPSA) is 73.6 Å². The summed E-state index contributed by atoms with van der Waals surface area (Å²) in [5.74, 6) is 0.540. The Bertz CT molecular complexity index is 301. The molecule has 0 aromatic rings. The molecule has 0 spiro atoms. The number of primary amides is 1. The molecule has 1 saturated heterocycles. The van der Waals surface area contributed by atoms with Crippen LogP contribution in [0.15, 0.2) is 0 Å². The summed E-state index contributed by atoms with van der Waals surface area (Å²) >= 11 is 0. The molecule has 5 nitrogen and oxygen atoms in total. The highest BCUT2D eigenvalue weighted by Crippen LogP contribution is 2.40. The number of ether oxygens (including phenoxy) is 2. The summed E-state index contributed by atoms with van der Waals surface area (Å²) in [4.78, 5) is 11.9. The van der Waals surface area contributed by atoms with Crippen molar-refractivity contribution in [3.05, 3.63) is 0 Å². The van der Waals surface area contributed by atoms with Gasteiger partial charge in [-0.05, 0) is 38.1 Å². The number of carbonyl (C=O) groups excluding carboxylic acids is 1. The molecule has 1 aliphatic heterocycles. The van der Waals surface area contributed by atoms with Crippen molar-refractivity contribution in [3.63, 3.8) is 0 Å². The Hall–Kier alpha value is -0.650. The van der Waals surface area contributed by atoms with Gasteiger partial charge in [-0.15, -0.1) is 0 Å². The average molecular weight is 270 g/mol. The molecule has 0 radical (unpaired) electrons. The van der Waals surface area contributed by atoms with Gasteiger partial charge in [-0.3, -0.25) is 4.79 Å². The van der Waals surface area contributed by atoms with E-state index in [0.29, 0.717) is 25.0 Å². The molecule has 1 saturated carbocycles. The summed E-state index contributed by atoms with van der Waals surface area (Å²) in [6, 6.07) is 0. The van der Waals surface area contributed by atoms with E-state index >= 15 is 0 Å². The summed E-state index contributed by atoms with van der Waals surface area (Å²) < 4.78 is 11.1. The molecular formula is C14H26N2O3. The molecule has 0 aromatic heterocycles. The average Bonchev–Trinajstić information content (AvgIpc) is 3.11. The Labute approximate surface area is 115 Å². The van der Waals surface area contributed by atoms with Gasteiger partial charge >= 0.3 is 0 Å². The van der Waals surface area contributed by atoms with Crippen molar-refractivity contribution in [2.45, 2.75) is 38.1 Å². The lowest BCUT2D eigenvalue weighted by molar-refractivity contribution is -0.128. The van der Waals surface area contributed by atoms with Gasteiger partial charge < -0.3 is 20.5 Å². The smallest absolute Gasteiger partial charge is 0.240 e. The molecule has 1 heterocycles. The number of nitrogens with one attached hydrogen (secondary N) is 1. The summed E-state index contributed by atoms with van der Waals surface area (Å²) in [7, 11) is 0. The molecule has 2 fully saturated rings. The maximum Gasteiger partial charge on any atom is 0.240 e. The van der Waals surface area contributed by atoms with Crippen molar-refractivity contribution in [3.8, 4) is 0 Å². The fourth-order valence-corrected chi connectivity index (χ4v) is 2.70. The van der Waals surface area contributed by atoms with E-state index in [2.05, 4.69) is 12.2 Å². The van der Waals surface area contributed by atoms with Gasteiger partial charge in [0.1, 0.15) is 5.54 Å². The number of hydrogen-bond donors (Lipinski definition) is 2. The minimum Gasteiger partial charge on any atom is -0.381 e. The van der Waals surface area contributed by atoms with E-state index in [1.807, 2.05) is 0 Å². The summed E-state index contributed by atoms with van der Waals surface area (Å²) in [6.07, 6.45) is 4.17. The van der Waals surface area contributed by atoms with E-state index in [4.69, 9.17) is 15.2 Å². The fourth-order valence-electron chi connectivity index (χ4n) is 2.70. The largest absolute Gasteiger partial charge is 0.381 e. The Kier molecular flexibility index (Phi) is 5.19. The highest BCUT2D eigenvalue weighted by atomic mass is 16.5. The highest BCUT2D eigenvalue weighted by molar-refractivity contribution is 5.85. The second-order valence-electron chi connectivity index (χ2n) is 5.78. The van der Waals surface area contributed by atoms with Crippen molar-refractivity contribution in [1.82, 2.24) is 5.32 Å². The van der Waals surface area contributed by atoms with Crippen LogP contribution in [-0.2, 0) is 14.3 Å². The van der Waals surface area contributed by atoms with Gasteiger partial charge in [0.2, 0.25) is 5.91 Å². The van der Waals surface area contributed by atoms with E-state index in [1.165, 1.54) is 0 Å². The second-order valence-corrected chi connectivity index (χ2v) is 5.78. The monoisotopic (exact) mass is 270 g/mol. The molecular weight excluding hydrogens is 244 g/mol. The molecule has 2 aliphatic rings. The minimum absolute atomic E-state index is 0.272. The lowest BCUT2D eigenvalue weighted by Gasteiger charge is -2.32. The van der Waals surface area contributed by atoms with Crippen LogP contribution in [0.2, 0.25) is 0 Å². The number of carbonyl (C=O) groups is 1. The Morgan fingerprint density at radius 1 is 1.47 bits per heavy atom. The van der Waals surface area contributed by atoms with Crippen molar-refractivity contribution < 1.29 is 14.3 Å². The third kappa shape index (κ3) is 3.68. The maximum atomic E-state index is 11.9. The standard InChI is InChI=1S/C14H26N2O3/c1-2-6-16-14(13(15)17,12-3-4-12)10-19-9-11-5-7-18-8-11/h11-12,16H,2-10H2,1H3,(H2,15,17). The Balaban J connectivity index is 1.86. The third-order valence-electron chi connectivity index (χ3n) is 4.11. The van der Waals surface area contributed by atoms with Crippen LogP contribution in [0.25, 0.3) is 0 Å². The van der Waals surface area contributed by atoms with Crippen LogP contribution in [0.4, 0.5) is 0 Å². The first-order valence-electron chi connectivity index (χ1n) is 7.39. The predicted octanol–water partition coefficient (Wildman–Crippen LogP) is 0.673. The van der Waals surface area contributed by atoms with Crippen molar-refractivity contribution in [1.29, 1.82) is 0 Å². The molecule has 0 bridgehead atoms. The first kappa shape index (κ1) is 14.8. The quantitative estimate of drug-likeness (QED) is 0.646. The zero-order valence-electron chi connectivity index (χ0n) is 11.8. The van der Waals surface area contributed by atoms with Gasteiger partial charge in [-0.1, -0.05) is 6.92 Å². The van der Waals surface area contributed by atoms with E-state index < -0.39 is 5.54 Å². The maximum absolute atomic E-state index is 11.9. The van der Waals surface area contributed by atoms with E-state index in [0.717, 1.165) is 45.4 Å². The summed E-state index contributed by atoms with van der Waals surface area (Å²) in [6.45, 7) is 5.54. The van der Waals surface area contributed by atoms with Gasteiger partial charge in [0.25, 0.3) is 0 Å². The van der Waals surface area contributed by atoms with Gasteiger partial charge in [0, 0.05) is 12.5 Å². The molecule has 1 aliphatic carbocycles. The SMILES string of the molecule is CCCNC(COCC1CCOC1)(C(N)=O)C1CC1. The van der Waals surface area contributed by atoms with Crippen molar-refractivity contribution in [2.24, 2.45) is 17.6 Å². The minimum atomic E-state index is -0.657. The zero-order valence-corrected chi connectivity index (χ0v) is 11.8. The molecule has 2 atom stereocenters. The lowest BCUT2D eigenvalue weighted by atomic mass is 9.93. The molecule has 5 heteroatoms. The Morgan fingerprint density at radius 3 is 2.79 bits per heavy atom. The lowest BCUT2D eigenvalue weighted by Crippen LogP contribution is -2.60. The van der Waals surface area contributed by atoms with Crippen LogP contribution in [0.1, 0.15) is 32.6 Å². The van der Waals surface area contributed by atoms with Gasteiger partial charge in [-0.2, -0.15) is 0 Å². The predicted molar refractivity (Wildman–Crippen MR) is 72.7 cm³/mol. The zero-order chi connectivity index (χ0) is 13.7. The molecule has 19 heavy (non-hydrogen) atoms. The summed E-state index contributed by atoms with van der Waals surface area (Å²) in [5, 5.41) is 3.34. The normalized spacial score (nSPS) is 26.3. The third-order valence-corrected chi connectivity index (χ3v) is 4.11. The van der Waals surface area contributed by atoms with Crippen molar-refractivity contribution in [2.75, 3.05) is 33.0 Å². The highest BCUT2D eigenvalue weighted by Gasteiger charge is 2.49. The molecule has 1 amide bonds. The molecule has 0 aromatic carbocycles. The van der Waals surface area contributed by atoms with Crippen LogP contribution < -0.4 is 11.1 Å². The number of amides is 1. The Morgan fingerprint density at radius 2 is 2.26 bits per heavy atom. The number of hydrogen-bond acceptors (Lipinski definition) is 4. The molecule has 2 unspecified atom stereocenters. The van der Waals surface area contributed by atoms with Crippen LogP contribution in [-0.4, -0.2) is 44.4 Å². The molecule has 3 N–H and O–H groups in total. The van der Waals surface area contributed by atoms with Gasteiger partial charge in [0.05, 0.1) is 19.8 Å². The van der Waals surface area contributed by atoms with E-state index in [-0.39, 0.29) is 5.91 Å². The van der Waals surface area contributed by atoms with Crippen LogP contribution in [0.3, 0.4) is 0 Å². The van der Waals surface area contributed by atoms with Crippen LogP contribution >= 0.6 is 0 Å². The number of rotatable bonds is 9. The molecule has 2 rings (SSSR count). The van der Waals surface area contributed by atoms with E-state index in [9.17, 15) is 4.79 Å². The second kappa shape index (κ2) is 6.68. The fraction of sp³-hybridized carbons (Fsp3) is 0.929. The number of nitrogens with two attached hydrogens (primary N) is 1. The van der Waals surface area contributed by atoms with Crippen molar-refractivity contribution >= 4 is 5.91 Å². The summed E-state index contributed by atoms with van der Waals surface area (Å²) in [5.41, 5.74) is 4.98. The first-order valence-corrected chi connectivity index (χ1v) is 7.39. The first-order chi connectivity index (χ1) is 9.19. The van der Waals surface area contributed by atoms with E-state index in [1.54, 1.807) is 0 Å². The van der Waals surface area contributed by atoms with Crippen LogP contribution in [0.5, 0.6) is 0 Å².